The van der Waals surface area contributed by atoms with Crippen LogP contribution in [0, 0.1) is 0 Å². The minimum absolute atomic E-state index is 0.188. The van der Waals surface area contributed by atoms with Gasteiger partial charge in [0.25, 0.3) is 5.91 Å². The Kier molecular flexibility index (Phi) is 6.38. The maximum Gasteiger partial charge on any atom is 0.251 e. The van der Waals surface area contributed by atoms with E-state index < -0.39 is 0 Å². The van der Waals surface area contributed by atoms with Crippen molar-refractivity contribution in [3.8, 4) is 11.6 Å². The molecule has 0 saturated heterocycles. The molecule has 0 fully saturated rings. The molecule has 0 aliphatic heterocycles. The topological polar surface area (TPSA) is 69.7 Å². The second kappa shape index (κ2) is 8.75. The van der Waals surface area contributed by atoms with Crippen molar-refractivity contribution in [3.63, 3.8) is 0 Å². The fourth-order valence-electron chi connectivity index (χ4n) is 1.93. The standard InChI is InChI=1S/C17H20N2O4/c1-21-8-9-23-16-11-14(6-7-18-16)17(20)19-12-13-4-3-5-15(10-13)22-2/h3-7,10-11H,8-9,12H2,1-2H3,(H,19,20). The minimum atomic E-state index is -0.188. The molecule has 6 heteroatoms. The van der Waals surface area contributed by atoms with Crippen LogP contribution >= 0.6 is 0 Å². The van der Waals surface area contributed by atoms with E-state index in [0.29, 0.717) is 31.2 Å². The van der Waals surface area contributed by atoms with Crippen molar-refractivity contribution in [2.75, 3.05) is 27.4 Å². The summed E-state index contributed by atoms with van der Waals surface area (Å²) in [5, 5.41) is 2.86. The third-order valence-electron chi connectivity index (χ3n) is 3.12. The van der Waals surface area contributed by atoms with Gasteiger partial charge in [0.2, 0.25) is 5.88 Å². The van der Waals surface area contributed by atoms with Crippen molar-refractivity contribution in [2.24, 2.45) is 0 Å². The zero-order valence-electron chi connectivity index (χ0n) is 13.2. The Morgan fingerprint density at radius 2 is 2.04 bits per heavy atom. The first-order valence-corrected chi connectivity index (χ1v) is 7.22. The van der Waals surface area contributed by atoms with E-state index in [9.17, 15) is 4.79 Å². The van der Waals surface area contributed by atoms with Gasteiger partial charge in [-0.25, -0.2) is 4.98 Å². The first kappa shape index (κ1) is 16.8. The number of carbonyl (C=O) groups is 1. The van der Waals surface area contributed by atoms with Crippen LogP contribution in [-0.2, 0) is 11.3 Å². The van der Waals surface area contributed by atoms with Crippen molar-refractivity contribution in [1.29, 1.82) is 0 Å². The number of amides is 1. The molecule has 0 saturated carbocycles. The van der Waals surface area contributed by atoms with Gasteiger partial charge in [0, 0.05) is 31.5 Å². The first-order valence-electron chi connectivity index (χ1n) is 7.22. The lowest BCUT2D eigenvalue weighted by Crippen LogP contribution is -2.23. The van der Waals surface area contributed by atoms with Gasteiger partial charge < -0.3 is 19.5 Å². The van der Waals surface area contributed by atoms with E-state index in [4.69, 9.17) is 14.2 Å². The molecule has 0 unspecified atom stereocenters. The predicted molar refractivity (Wildman–Crippen MR) is 85.8 cm³/mol. The van der Waals surface area contributed by atoms with Gasteiger partial charge in [-0.1, -0.05) is 12.1 Å². The van der Waals surface area contributed by atoms with E-state index in [1.807, 2.05) is 24.3 Å². The molecule has 0 aliphatic rings. The Bertz CT molecular complexity index is 646. The molecule has 0 atom stereocenters. The molecule has 0 bridgehead atoms. The van der Waals surface area contributed by atoms with E-state index in [0.717, 1.165) is 11.3 Å². The van der Waals surface area contributed by atoms with Crippen LogP contribution in [-0.4, -0.2) is 38.3 Å². The molecule has 1 amide bonds. The van der Waals surface area contributed by atoms with Gasteiger partial charge in [0.1, 0.15) is 12.4 Å². The van der Waals surface area contributed by atoms with Gasteiger partial charge in [-0.2, -0.15) is 0 Å². The van der Waals surface area contributed by atoms with Crippen LogP contribution in [0.2, 0.25) is 0 Å². The molecule has 23 heavy (non-hydrogen) atoms. The van der Waals surface area contributed by atoms with Crippen LogP contribution in [0.5, 0.6) is 11.6 Å². The number of ether oxygens (including phenoxy) is 3. The Hall–Kier alpha value is -2.60. The predicted octanol–water partition coefficient (Wildman–Crippen LogP) is 2.05. The third-order valence-corrected chi connectivity index (χ3v) is 3.12. The van der Waals surface area contributed by atoms with E-state index in [1.54, 1.807) is 32.5 Å². The van der Waals surface area contributed by atoms with E-state index >= 15 is 0 Å². The smallest absolute Gasteiger partial charge is 0.251 e. The number of hydrogen-bond donors (Lipinski definition) is 1. The van der Waals surface area contributed by atoms with Crippen molar-refractivity contribution in [1.82, 2.24) is 10.3 Å². The van der Waals surface area contributed by atoms with Crippen LogP contribution in [0.4, 0.5) is 0 Å². The lowest BCUT2D eigenvalue weighted by Gasteiger charge is -2.08. The first-order chi connectivity index (χ1) is 11.2. The number of nitrogens with zero attached hydrogens (tertiary/aromatic N) is 1. The molecule has 0 radical (unpaired) electrons. The quantitative estimate of drug-likeness (QED) is 0.755. The summed E-state index contributed by atoms with van der Waals surface area (Å²) in [7, 11) is 3.21. The summed E-state index contributed by atoms with van der Waals surface area (Å²) in [6.07, 6.45) is 1.54. The van der Waals surface area contributed by atoms with Gasteiger partial charge >= 0.3 is 0 Å². The lowest BCUT2D eigenvalue weighted by atomic mass is 10.2. The highest BCUT2D eigenvalue weighted by Gasteiger charge is 2.08. The molecule has 1 aromatic heterocycles. The lowest BCUT2D eigenvalue weighted by molar-refractivity contribution is 0.0950. The van der Waals surface area contributed by atoms with Gasteiger partial charge in [0.15, 0.2) is 0 Å². The monoisotopic (exact) mass is 316 g/mol. The van der Waals surface area contributed by atoms with Gasteiger partial charge in [0.05, 0.1) is 13.7 Å². The summed E-state index contributed by atoms with van der Waals surface area (Å²) in [5.74, 6) is 0.970. The fraction of sp³-hybridized carbons (Fsp3) is 0.294. The second-order valence-electron chi connectivity index (χ2n) is 4.76. The van der Waals surface area contributed by atoms with Crippen molar-refractivity contribution < 1.29 is 19.0 Å². The van der Waals surface area contributed by atoms with Crippen LogP contribution in [0.25, 0.3) is 0 Å². The molecule has 1 heterocycles. The summed E-state index contributed by atoms with van der Waals surface area (Å²) < 4.78 is 15.5. The minimum Gasteiger partial charge on any atom is -0.497 e. The molecule has 122 valence electrons. The van der Waals surface area contributed by atoms with Gasteiger partial charge in [-0.05, 0) is 23.8 Å². The Morgan fingerprint density at radius 1 is 1.17 bits per heavy atom. The Labute approximate surface area is 135 Å². The summed E-state index contributed by atoms with van der Waals surface area (Å²) in [4.78, 5) is 16.3. The summed E-state index contributed by atoms with van der Waals surface area (Å²) in [6.45, 7) is 1.27. The maximum atomic E-state index is 12.2. The number of carbonyl (C=O) groups excluding carboxylic acids is 1. The molecule has 1 aromatic carbocycles. The average Bonchev–Trinajstić information content (AvgIpc) is 2.60. The maximum absolute atomic E-state index is 12.2. The van der Waals surface area contributed by atoms with Crippen LogP contribution < -0.4 is 14.8 Å². The number of benzene rings is 1. The van der Waals surface area contributed by atoms with Crippen molar-refractivity contribution >= 4 is 5.91 Å². The molecule has 6 nitrogen and oxygen atoms in total. The van der Waals surface area contributed by atoms with E-state index in [1.165, 1.54) is 0 Å². The fourth-order valence-corrected chi connectivity index (χ4v) is 1.93. The number of hydrogen-bond acceptors (Lipinski definition) is 5. The molecular formula is C17H20N2O4. The van der Waals surface area contributed by atoms with Crippen LogP contribution in [0.3, 0.4) is 0 Å². The number of methoxy groups -OCH3 is 2. The second-order valence-corrected chi connectivity index (χ2v) is 4.76. The third kappa shape index (κ3) is 5.27. The summed E-state index contributed by atoms with van der Waals surface area (Å²) >= 11 is 0. The molecule has 1 N–H and O–H groups in total. The van der Waals surface area contributed by atoms with E-state index in [2.05, 4.69) is 10.3 Å². The molecule has 2 aromatic rings. The molecule has 0 spiro atoms. The van der Waals surface area contributed by atoms with Crippen LogP contribution in [0.1, 0.15) is 15.9 Å². The average molecular weight is 316 g/mol. The normalized spacial score (nSPS) is 10.2. The van der Waals surface area contributed by atoms with Gasteiger partial charge in [-0.3, -0.25) is 4.79 Å². The Morgan fingerprint density at radius 3 is 2.83 bits per heavy atom. The number of aromatic nitrogens is 1. The van der Waals surface area contributed by atoms with E-state index in [-0.39, 0.29) is 5.91 Å². The van der Waals surface area contributed by atoms with Crippen LogP contribution in [0.15, 0.2) is 42.6 Å². The highest BCUT2D eigenvalue weighted by atomic mass is 16.5. The number of pyridine rings is 1. The highest BCUT2D eigenvalue weighted by Crippen LogP contribution is 2.13. The zero-order chi connectivity index (χ0) is 16.5. The molecular weight excluding hydrogens is 296 g/mol. The highest BCUT2D eigenvalue weighted by molar-refractivity contribution is 5.94. The largest absolute Gasteiger partial charge is 0.497 e. The van der Waals surface area contributed by atoms with Crippen molar-refractivity contribution in [3.05, 3.63) is 53.7 Å². The zero-order valence-corrected chi connectivity index (χ0v) is 13.2. The summed E-state index contributed by atoms with van der Waals surface area (Å²) in [6, 6.07) is 10.8. The SMILES string of the molecule is COCCOc1cc(C(=O)NCc2cccc(OC)c2)ccn1. The van der Waals surface area contributed by atoms with Gasteiger partial charge in [-0.15, -0.1) is 0 Å². The number of nitrogens with one attached hydrogen (secondary N) is 1. The number of rotatable bonds is 8. The molecule has 2 rings (SSSR count). The van der Waals surface area contributed by atoms with Crippen molar-refractivity contribution in [2.45, 2.75) is 6.54 Å². The Balaban J connectivity index is 1.93. The molecule has 0 aliphatic carbocycles. The summed E-state index contributed by atoms with van der Waals surface area (Å²) in [5.41, 5.74) is 1.46.